The number of carbonyl (C=O) groups excluding carboxylic acids is 1. The molecule has 1 atom stereocenters. The summed E-state index contributed by atoms with van der Waals surface area (Å²) in [5.74, 6) is 1.48. The van der Waals surface area contributed by atoms with Crippen LogP contribution in [0, 0.1) is 0 Å². The molecule has 1 saturated heterocycles. The number of imidazole rings is 1. The van der Waals surface area contributed by atoms with E-state index in [1.165, 1.54) is 11.1 Å². The van der Waals surface area contributed by atoms with Gasteiger partial charge in [0.25, 0.3) is 5.91 Å². The van der Waals surface area contributed by atoms with Gasteiger partial charge < -0.3 is 14.3 Å². The van der Waals surface area contributed by atoms with Gasteiger partial charge in [-0.25, -0.2) is 9.97 Å². The molecule has 4 aromatic heterocycles. The summed E-state index contributed by atoms with van der Waals surface area (Å²) in [5, 5.41) is 8.14. The highest BCUT2D eigenvalue weighted by Gasteiger charge is 2.30. The van der Waals surface area contributed by atoms with Gasteiger partial charge in [0, 0.05) is 37.1 Å². The summed E-state index contributed by atoms with van der Waals surface area (Å²) in [6.07, 6.45) is 11.1. The van der Waals surface area contributed by atoms with Crippen molar-refractivity contribution >= 4 is 5.91 Å². The van der Waals surface area contributed by atoms with E-state index in [1.54, 1.807) is 35.9 Å². The number of pyridine rings is 1. The summed E-state index contributed by atoms with van der Waals surface area (Å²) >= 11 is 0. The zero-order chi connectivity index (χ0) is 19.6. The zero-order valence-electron chi connectivity index (χ0n) is 15.5. The summed E-state index contributed by atoms with van der Waals surface area (Å²) in [4.78, 5) is 32.2. The van der Waals surface area contributed by atoms with E-state index < -0.39 is 0 Å². The van der Waals surface area contributed by atoms with Crippen LogP contribution in [0.4, 0.5) is 0 Å². The predicted octanol–water partition coefficient (Wildman–Crippen LogP) is 1.59. The molecule has 29 heavy (non-hydrogen) atoms. The minimum absolute atomic E-state index is 0.123. The third kappa shape index (κ3) is 3.51. The van der Waals surface area contributed by atoms with Gasteiger partial charge >= 0.3 is 0 Å². The Labute approximate surface area is 165 Å². The number of carbonyl (C=O) groups is 1. The van der Waals surface area contributed by atoms with Gasteiger partial charge in [0.15, 0.2) is 5.69 Å². The third-order valence-electron chi connectivity index (χ3n) is 4.94. The molecule has 4 aromatic rings. The van der Waals surface area contributed by atoms with Crippen molar-refractivity contribution in [2.75, 3.05) is 13.1 Å². The number of amides is 1. The molecule has 1 unspecified atom stereocenters. The zero-order valence-corrected chi connectivity index (χ0v) is 15.5. The van der Waals surface area contributed by atoms with Crippen LogP contribution in [0.15, 0.2) is 53.8 Å². The highest BCUT2D eigenvalue weighted by molar-refractivity contribution is 5.92. The standard InChI is InChI=1S/C19H18N8O2/c28-19(26-8-3-13(11-26)18-20-4-5-21-18)16-12-29-17(25-16)9-14-1-2-15(10-22-14)27-23-6-7-24-27/h1-2,4-7,10,12-13H,3,8-9,11H2,(H,20,21). The number of hydrogen-bond acceptors (Lipinski definition) is 7. The topological polar surface area (TPSA) is 119 Å². The van der Waals surface area contributed by atoms with Crippen LogP contribution in [-0.4, -0.2) is 58.8 Å². The molecule has 0 saturated carbocycles. The van der Waals surface area contributed by atoms with Gasteiger partial charge in [-0.15, -0.1) is 0 Å². The van der Waals surface area contributed by atoms with Gasteiger partial charge in [-0.2, -0.15) is 15.0 Å². The van der Waals surface area contributed by atoms with E-state index in [0.29, 0.717) is 31.1 Å². The molecule has 1 aliphatic rings. The largest absolute Gasteiger partial charge is 0.448 e. The maximum atomic E-state index is 12.7. The van der Waals surface area contributed by atoms with Gasteiger partial charge in [0.05, 0.1) is 25.0 Å². The Morgan fingerprint density at radius 3 is 2.86 bits per heavy atom. The minimum atomic E-state index is -0.123. The van der Waals surface area contributed by atoms with E-state index in [9.17, 15) is 4.79 Å². The van der Waals surface area contributed by atoms with Crippen LogP contribution in [-0.2, 0) is 6.42 Å². The van der Waals surface area contributed by atoms with E-state index in [2.05, 4.69) is 30.1 Å². The normalized spacial score (nSPS) is 16.4. The average Bonchev–Trinajstić information content (AvgIpc) is 3.56. The van der Waals surface area contributed by atoms with Crippen molar-refractivity contribution in [1.29, 1.82) is 0 Å². The minimum Gasteiger partial charge on any atom is -0.448 e. The molecule has 10 heteroatoms. The van der Waals surface area contributed by atoms with Crippen molar-refractivity contribution in [2.45, 2.75) is 18.8 Å². The number of aromatic amines is 1. The van der Waals surface area contributed by atoms with E-state index in [0.717, 1.165) is 23.6 Å². The first-order chi connectivity index (χ1) is 14.3. The first-order valence-corrected chi connectivity index (χ1v) is 9.31. The molecular weight excluding hydrogens is 372 g/mol. The highest BCUT2D eigenvalue weighted by atomic mass is 16.3. The number of nitrogens with zero attached hydrogens (tertiary/aromatic N) is 7. The van der Waals surface area contributed by atoms with Crippen molar-refractivity contribution in [1.82, 2.24) is 39.8 Å². The number of rotatable bonds is 5. The van der Waals surface area contributed by atoms with Crippen LogP contribution in [0.1, 0.15) is 40.2 Å². The van der Waals surface area contributed by atoms with E-state index >= 15 is 0 Å². The Bertz CT molecular complexity index is 1090. The van der Waals surface area contributed by atoms with Crippen LogP contribution < -0.4 is 0 Å². The van der Waals surface area contributed by atoms with Gasteiger partial charge in [-0.1, -0.05) is 0 Å². The van der Waals surface area contributed by atoms with Crippen LogP contribution in [0.25, 0.3) is 5.69 Å². The molecule has 146 valence electrons. The molecule has 0 aliphatic carbocycles. The van der Waals surface area contributed by atoms with Crippen molar-refractivity contribution in [3.8, 4) is 5.69 Å². The lowest BCUT2D eigenvalue weighted by molar-refractivity contribution is 0.0784. The Hall–Kier alpha value is -3.82. The second-order valence-electron chi connectivity index (χ2n) is 6.84. The number of aromatic nitrogens is 7. The van der Waals surface area contributed by atoms with Crippen LogP contribution in [0.2, 0.25) is 0 Å². The average molecular weight is 390 g/mol. The Balaban J connectivity index is 1.23. The number of hydrogen-bond donors (Lipinski definition) is 1. The maximum absolute atomic E-state index is 12.7. The van der Waals surface area contributed by atoms with Gasteiger partial charge in [0.2, 0.25) is 5.89 Å². The first-order valence-electron chi connectivity index (χ1n) is 9.31. The van der Waals surface area contributed by atoms with Crippen LogP contribution in [0.3, 0.4) is 0 Å². The van der Waals surface area contributed by atoms with Crippen molar-refractivity contribution < 1.29 is 9.21 Å². The summed E-state index contributed by atoms with van der Waals surface area (Å²) in [7, 11) is 0. The second-order valence-corrected chi connectivity index (χ2v) is 6.84. The maximum Gasteiger partial charge on any atom is 0.275 e. The lowest BCUT2D eigenvalue weighted by atomic mass is 10.1. The number of H-pyrrole nitrogens is 1. The van der Waals surface area contributed by atoms with Gasteiger partial charge in [0.1, 0.15) is 17.8 Å². The summed E-state index contributed by atoms with van der Waals surface area (Å²) in [6, 6.07) is 3.73. The van der Waals surface area contributed by atoms with E-state index in [1.807, 2.05) is 12.1 Å². The van der Waals surface area contributed by atoms with Crippen molar-refractivity contribution in [3.63, 3.8) is 0 Å². The summed E-state index contributed by atoms with van der Waals surface area (Å²) in [5.41, 5.74) is 1.86. The Morgan fingerprint density at radius 1 is 1.21 bits per heavy atom. The summed E-state index contributed by atoms with van der Waals surface area (Å²) < 4.78 is 5.50. The molecule has 1 N–H and O–H groups in total. The Kier molecular flexibility index (Phi) is 4.35. The van der Waals surface area contributed by atoms with Gasteiger partial charge in [-0.05, 0) is 18.6 Å². The molecule has 0 bridgehead atoms. The van der Waals surface area contributed by atoms with Crippen molar-refractivity contribution in [2.24, 2.45) is 0 Å². The SMILES string of the molecule is O=C(c1coc(Cc2ccc(-n3nccn3)cn2)n1)N1CCC(c2ncc[nH]2)C1. The van der Waals surface area contributed by atoms with E-state index in [4.69, 9.17) is 4.42 Å². The number of likely N-dealkylation sites (tertiary alicyclic amines) is 1. The second kappa shape index (κ2) is 7.30. The Morgan fingerprint density at radius 2 is 2.10 bits per heavy atom. The quantitative estimate of drug-likeness (QED) is 0.550. The fourth-order valence-corrected chi connectivity index (χ4v) is 3.46. The molecule has 10 nitrogen and oxygen atoms in total. The number of oxazole rings is 1. The molecule has 0 radical (unpaired) electrons. The first kappa shape index (κ1) is 17.3. The predicted molar refractivity (Wildman–Crippen MR) is 100 cm³/mol. The number of nitrogens with one attached hydrogen (secondary N) is 1. The molecule has 5 rings (SSSR count). The molecule has 1 aliphatic heterocycles. The van der Waals surface area contributed by atoms with E-state index in [-0.39, 0.29) is 11.8 Å². The molecule has 1 amide bonds. The fourth-order valence-electron chi connectivity index (χ4n) is 3.46. The van der Waals surface area contributed by atoms with Crippen LogP contribution >= 0.6 is 0 Å². The molecular formula is C19H18N8O2. The highest BCUT2D eigenvalue weighted by Crippen LogP contribution is 2.25. The van der Waals surface area contributed by atoms with Crippen molar-refractivity contribution in [3.05, 3.63) is 72.5 Å². The monoisotopic (exact) mass is 390 g/mol. The van der Waals surface area contributed by atoms with Gasteiger partial charge in [-0.3, -0.25) is 9.78 Å². The third-order valence-corrected chi connectivity index (χ3v) is 4.94. The molecule has 5 heterocycles. The lowest BCUT2D eigenvalue weighted by Crippen LogP contribution is -2.28. The van der Waals surface area contributed by atoms with Crippen LogP contribution in [0.5, 0.6) is 0 Å². The molecule has 1 fully saturated rings. The summed E-state index contributed by atoms with van der Waals surface area (Å²) in [6.45, 7) is 1.30. The smallest absolute Gasteiger partial charge is 0.275 e. The molecule has 0 spiro atoms. The fraction of sp³-hybridized carbons (Fsp3) is 0.263. The lowest BCUT2D eigenvalue weighted by Gasteiger charge is -2.14. The molecule has 0 aromatic carbocycles.